The third kappa shape index (κ3) is 2.98. The van der Waals surface area contributed by atoms with Gasteiger partial charge in [0, 0.05) is 11.4 Å². The summed E-state index contributed by atoms with van der Waals surface area (Å²) in [5.74, 6) is 0. The number of nitrogens with one attached hydrogen (secondary N) is 1. The number of allylic oxidation sites excluding steroid dienone is 8. The highest BCUT2D eigenvalue weighted by atomic mass is 28.3. The fourth-order valence-corrected chi connectivity index (χ4v) is 11.3. The van der Waals surface area contributed by atoms with Gasteiger partial charge in [0.1, 0.15) is 0 Å². The van der Waals surface area contributed by atoms with Crippen LogP contribution in [0.5, 0.6) is 0 Å². The van der Waals surface area contributed by atoms with Gasteiger partial charge in [-0.1, -0.05) is 90.2 Å². The molecule has 0 saturated heterocycles. The molecule has 3 aromatic carbocycles. The van der Waals surface area contributed by atoms with E-state index >= 15 is 0 Å². The Morgan fingerprint density at radius 1 is 0.688 bits per heavy atom. The molecular weight excluding hydrogens is 402 g/mol. The molecular formula is C30H27NSi. The summed E-state index contributed by atoms with van der Waals surface area (Å²) in [7, 11) is -2.28. The molecule has 2 heteroatoms. The van der Waals surface area contributed by atoms with E-state index in [4.69, 9.17) is 0 Å². The zero-order valence-electron chi connectivity index (χ0n) is 18.2. The van der Waals surface area contributed by atoms with Gasteiger partial charge in [0.25, 0.3) is 0 Å². The van der Waals surface area contributed by atoms with E-state index in [1.54, 1.807) is 20.8 Å². The first kappa shape index (κ1) is 19.3. The number of para-hydroxylation sites is 1. The number of fused-ring (bicyclic) bond motifs is 3. The largest absolute Gasteiger partial charge is 0.356 e. The van der Waals surface area contributed by atoms with E-state index in [-0.39, 0.29) is 0 Å². The van der Waals surface area contributed by atoms with Crippen molar-refractivity contribution in [1.82, 2.24) is 0 Å². The van der Waals surface area contributed by atoms with Gasteiger partial charge < -0.3 is 5.32 Å². The molecule has 32 heavy (non-hydrogen) atoms. The molecule has 3 aromatic rings. The molecule has 0 radical (unpaired) electrons. The minimum Gasteiger partial charge on any atom is -0.356 e. The smallest absolute Gasteiger partial charge is 0.176 e. The molecule has 2 aliphatic carbocycles. The lowest BCUT2D eigenvalue weighted by Gasteiger charge is -2.36. The molecule has 156 valence electrons. The van der Waals surface area contributed by atoms with Crippen LogP contribution in [0.4, 0.5) is 11.4 Å². The third-order valence-corrected chi connectivity index (χ3v) is 12.1. The average molecular weight is 430 g/mol. The molecule has 0 spiro atoms. The minimum absolute atomic E-state index is 1.13. The first-order chi connectivity index (χ1) is 15.9. The maximum Gasteiger partial charge on any atom is 0.176 e. The Morgan fingerprint density at radius 2 is 1.53 bits per heavy atom. The Balaban J connectivity index is 1.61. The van der Waals surface area contributed by atoms with Crippen molar-refractivity contribution < 1.29 is 0 Å². The van der Waals surface area contributed by atoms with Crippen LogP contribution in [-0.4, -0.2) is 8.07 Å². The predicted molar refractivity (Wildman–Crippen MR) is 140 cm³/mol. The SMILES string of the molecule is C1=CCCC([Si]2(C3=CCCC=C3)c3ccccc3-c3ccc(Nc4ccccc4)cc32)=C1. The predicted octanol–water partition coefficient (Wildman–Crippen LogP) is 6.60. The highest BCUT2D eigenvalue weighted by molar-refractivity contribution is 7.15. The van der Waals surface area contributed by atoms with E-state index in [1.807, 2.05) is 0 Å². The summed E-state index contributed by atoms with van der Waals surface area (Å²) in [4.78, 5) is 0. The molecule has 1 atom stereocenters. The van der Waals surface area contributed by atoms with Crippen LogP contribution in [0.15, 0.2) is 120 Å². The second-order valence-electron chi connectivity index (χ2n) is 8.84. The Labute approximate surface area is 191 Å². The summed E-state index contributed by atoms with van der Waals surface area (Å²) < 4.78 is 0. The van der Waals surface area contributed by atoms with E-state index in [0.717, 1.165) is 31.4 Å². The molecule has 0 fully saturated rings. The summed E-state index contributed by atoms with van der Waals surface area (Å²) in [5.41, 5.74) is 5.15. The topological polar surface area (TPSA) is 12.0 Å². The van der Waals surface area contributed by atoms with Gasteiger partial charge in [-0.15, -0.1) is 0 Å². The third-order valence-electron chi connectivity index (χ3n) is 7.03. The number of rotatable bonds is 4. The van der Waals surface area contributed by atoms with Crippen molar-refractivity contribution in [2.75, 3.05) is 5.32 Å². The van der Waals surface area contributed by atoms with Crippen molar-refractivity contribution in [2.24, 2.45) is 0 Å². The number of benzene rings is 3. The maximum atomic E-state index is 3.66. The van der Waals surface area contributed by atoms with Crippen LogP contribution in [0.25, 0.3) is 11.1 Å². The summed E-state index contributed by atoms with van der Waals surface area (Å²) in [6, 6.07) is 26.7. The molecule has 1 N–H and O–H groups in total. The normalized spacial score (nSPS) is 20.9. The van der Waals surface area contributed by atoms with Crippen molar-refractivity contribution in [1.29, 1.82) is 0 Å². The fourth-order valence-electron chi connectivity index (χ4n) is 5.69. The lowest BCUT2D eigenvalue weighted by molar-refractivity contribution is 1.00. The zero-order chi connectivity index (χ0) is 21.4. The van der Waals surface area contributed by atoms with E-state index in [9.17, 15) is 0 Å². The van der Waals surface area contributed by atoms with Crippen LogP contribution in [0.1, 0.15) is 25.7 Å². The van der Waals surface area contributed by atoms with Crippen LogP contribution in [0.2, 0.25) is 0 Å². The second kappa shape index (κ2) is 7.96. The Hall–Kier alpha value is -3.36. The number of hydrogen-bond donors (Lipinski definition) is 1. The molecule has 0 amide bonds. The lowest BCUT2D eigenvalue weighted by atomic mass is 10.1. The number of anilines is 2. The molecule has 6 rings (SSSR count). The van der Waals surface area contributed by atoms with Crippen molar-refractivity contribution in [3.8, 4) is 11.1 Å². The van der Waals surface area contributed by atoms with Gasteiger partial charge in [-0.25, -0.2) is 0 Å². The van der Waals surface area contributed by atoms with Crippen LogP contribution < -0.4 is 15.7 Å². The fraction of sp³-hybridized carbons (Fsp3) is 0.133. The zero-order valence-corrected chi connectivity index (χ0v) is 19.2. The van der Waals surface area contributed by atoms with Crippen molar-refractivity contribution in [3.05, 3.63) is 120 Å². The van der Waals surface area contributed by atoms with Crippen molar-refractivity contribution in [3.63, 3.8) is 0 Å². The first-order valence-electron chi connectivity index (χ1n) is 11.7. The highest BCUT2D eigenvalue weighted by Crippen LogP contribution is 2.41. The Bertz CT molecular complexity index is 1300. The van der Waals surface area contributed by atoms with Gasteiger partial charge in [0.15, 0.2) is 8.07 Å². The second-order valence-corrected chi connectivity index (χ2v) is 12.6. The monoisotopic (exact) mass is 429 g/mol. The molecule has 0 aromatic heterocycles. The maximum absolute atomic E-state index is 3.66. The Morgan fingerprint density at radius 3 is 2.34 bits per heavy atom. The van der Waals surface area contributed by atoms with Crippen LogP contribution in [-0.2, 0) is 0 Å². The van der Waals surface area contributed by atoms with Gasteiger partial charge in [-0.3, -0.25) is 0 Å². The summed E-state index contributed by atoms with van der Waals surface area (Å²) in [6.07, 6.45) is 19.0. The molecule has 1 aliphatic heterocycles. The van der Waals surface area contributed by atoms with Crippen molar-refractivity contribution in [2.45, 2.75) is 25.7 Å². The van der Waals surface area contributed by atoms with Crippen LogP contribution >= 0.6 is 0 Å². The van der Waals surface area contributed by atoms with Crippen molar-refractivity contribution >= 4 is 29.8 Å². The van der Waals surface area contributed by atoms with Gasteiger partial charge in [0.2, 0.25) is 0 Å². The molecule has 0 saturated carbocycles. The van der Waals surface area contributed by atoms with E-state index < -0.39 is 8.07 Å². The van der Waals surface area contributed by atoms with E-state index in [1.165, 1.54) is 16.8 Å². The van der Waals surface area contributed by atoms with E-state index in [0.29, 0.717) is 0 Å². The number of hydrogen-bond acceptors (Lipinski definition) is 1. The first-order valence-corrected chi connectivity index (χ1v) is 13.7. The van der Waals surface area contributed by atoms with Gasteiger partial charge in [-0.2, -0.15) is 0 Å². The van der Waals surface area contributed by atoms with Crippen LogP contribution in [0.3, 0.4) is 0 Å². The van der Waals surface area contributed by atoms with Crippen LogP contribution in [0, 0.1) is 0 Å². The van der Waals surface area contributed by atoms with Gasteiger partial charge in [-0.05, 0) is 76.6 Å². The summed E-state index contributed by atoms with van der Waals surface area (Å²) in [5, 5.41) is 9.96. The van der Waals surface area contributed by atoms with E-state index in [2.05, 4.69) is 115 Å². The Kier molecular flexibility index (Phi) is 4.81. The van der Waals surface area contributed by atoms with Gasteiger partial charge >= 0.3 is 0 Å². The molecule has 1 heterocycles. The average Bonchev–Trinajstić information content (AvgIpc) is 3.16. The molecule has 1 unspecified atom stereocenters. The molecule has 1 nitrogen and oxygen atoms in total. The lowest BCUT2D eigenvalue weighted by Crippen LogP contribution is -2.59. The summed E-state index contributed by atoms with van der Waals surface area (Å²) >= 11 is 0. The highest BCUT2D eigenvalue weighted by Gasteiger charge is 2.50. The molecule has 0 bridgehead atoms. The molecule has 3 aliphatic rings. The van der Waals surface area contributed by atoms with Gasteiger partial charge in [0.05, 0.1) is 0 Å². The minimum atomic E-state index is -2.28. The summed E-state index contributed by atoms with van der Waals surface area (Å²) in [6.45, 7) is 0. The quantitative estimate of drug-likeness (QED) is 0.460. The standard InChI is InChI=1S/C30H27NSi/c1-4-12-23(13-5-1)31-24-20-21-28-27-18-10-11-19-29(27)32(30(28)22-24,25-14-6-2-7-15-25)26-16-8-3-9-17-26/h1-2,4-6,8,10-14,16-22,31H,3,7,9,15H2.